The van der Waals surface area contributed by atoms with E-state index in [4.69, 9.17) is 9.72 Å². The first-order valence-corrected chi connectivity index (χ1v) is 14.1. The van der Waals surface area contributed by atoms with Gasteiger partial charge in [0.05, 0.1) is 47.8 Å². The Morgan fingerprint density at radius 3 is 2.56 bits per heavy atom. The monoisotopic (exact) mass is 545 g/mol. The summed E-state index contributed by atoms with van der Waals surface area (Å²) >= 11 is 0. The van der Waals surface area contributed by atoms with Crippen LogP contribution in [0, 0.1) is 28.1 Å². The Morgan fingerprint density at radius 1 is 1.07 bits per heavy atom. The molecule has 1 aliphatic carbocycles. The zero-order valence-corrected chi connectivity index (χ0v) is 23.0. The number of hydrogen-bond donors (Lipinski definition) is 1. The lowest BCUT2D eigenvalue weighted by atomic mass is 9.70. The third kappa shape index (κ3) is 4.51. The topological polar surface area (TPSA) is 118 Å². The van der Waals surface area contributed by atoms with Gasteiger partial charge in [0, 0.05) is 67.8 Å². The first-order valence-electron chi connectivity index (χ1n) is 14.1. The minimum Gasteiger partial charge on any atom is -0.481 e. The number of methoxy groups -OCH3 is 1. The Hall–Kier alpha value is -4.67. The van der Waals surface area contributed by atoms with Crippen molar-refractivity contribution in [2.24, 2.45) is 5.41 Å². The Balaban J connectivity index is 1.08. The third-order valence-corrected chi connectivity index (χ3v) is 9.01. The molecule has 4 aromatic rings. The molecule has 2 bridgehead atoms. The van der Waals surface area contributed by atoms with Crippen LogP contribution in [0.25, 0.3) is 16.6 Å². The molecule has 4 aromatic heterocycles. The van der Waals surface area contributed by atoms with Gasteiger partial charge in [-0.15, -0.1) is 0 Å². The highest BCUT2D eigenvalue weighted by atomic mass is 16.5. The molecule has 4 aliphatic rings. The van der Waals surface area contributed by atoms with Gasteiger partial charge in [0.25, 0.3) is 0 Å². The van der Waals surface area contributed by atoms with Crippen molar-refractivity contribution >= 4 is 17.0 Å². The zero-order valence-electron chi connectivity index (χ0n) is 23.0. The Labute approximate surface area is 238 Å². The predicted molar refractivity (Wildman–Crippen MR) is 154 cm³/mol. The first kappa shape index (κ1) is 25.3. The van der Waals surface area contributed by atoms with Gasteiger partial charge in [0.1, 0.15) is 11.9 Å². The molecule has 3 saturated heterocycles. The highest BCUT2D eigenvalue weighted by Crippen LogP contribution is 2.41. The molecule has 10 heteroatoms. The average molecular weight is 546 g/mol. The fraction of sp³-hybridized carbons (Fsp3) is 0.387. The third-order valence-electron chi connectivity index (χ3n) is 9.01. The van der Waals surface area contributed by atoms with Crippen LogP contribution in [0.5, 0.6) is 5.88 Å². The minimum atomic E-state index is -0.295. The molecule has 0 spiro atoms. The van der Waals surface area contributed by atoms with Crippen LogP contribution in [0.2, 0.25) is 0 Å². The number of fused-ring (bicyclic) bond motifs is 3. The first-order chi connectivity index (χ1) is 20.1. The molecule has 0 aromatic carbocycles. The Kier molecular flexibility index (Phi) is 6.21. The number of pyridine rings is 3. The van der Waals surface area contributed by atoms with E-state index in [1.807, 2.05) is 30.7 Å². The van der Waals surface area contributed by atoms with Crippen molar-refractivity contribution in [1.29, 1.82) is 10.5 Å². The van der Waals surface area contributed by atoms with Gasteiger partial charge in [0.15, 0.2) is 0 Å². The number of nitriles is 2. The fourth-order valence-electron chi connectivity index (χ4n) is 6.42. The van der Waals surface area contributed by atoms with E-state index in [0.717, 1.165) is 67.0 Å². The highest BCUT2D eigenvalue weighted by molar-refractivity contribution is 5.86. The van der Waals surface area contributed by atoms with E-state index in [1.54, 1.807) is 17.8 Å². The second-order valence-corrected chi connectivity index (χ2v) is 11.4. The molecular weight excluding hydrogens is 514 g/mol. The molecule has 2 unspecified atom stereocenters. The highest BCUT2D eigenvalue weighted by Gasteiger charge is 2.44. The van der Waals surface area contributed by atoms with Crippen molar-refractivity contribution in [3.63, 3.8) is 0 Å². The summed E-state index contributed by atoms with van der Waals surface area (Å²) in [5.41, 5.74) is 4.87. The summed E-state index contributed by atoms with van der Waals surface area (Å²) in [6, 6.07) is 16.0. The van der Waals surface area contributed by atoms with E-state index in [-0.39, 0.29) is 5.41 Å². The molecule has 4 fully saturated rings. The Morgan fingerprint density at radius 2 is 1.93 bits per heavy atom. The van der Waals surface area contributed by atoms with Gasteiger partial charge in [0.2, 0.25) is 5.88 Å². The van der Waals surface area contributed by atoms with E-state index < -0.39 is 0 Å². The number of anilines is 2. The smallest absolute Gasteiger partial charge is 0.212 e. The van der Waals surface area contributed by atoms with Gasteiger partial charge in [-0.3, -0.25) is 4.90 Å². The van der Waals surface area contributed by atoms with Crippen LogP contribution in [0.4, 0.5) is 11.5 Å². The SMILES string of the molecule is COc1ccc(CN2C3CC2CN(c2ccc(-c4cc(NCC5(C#N)CCC5)cn5ncc(C#N)c45)cn2)C3)cn1. The number of ether oxygens (including phenoxy) is 1. The molecule has 0 amide bonds. The summed E-state index contributed by atoms with van der Waals surface area (Å²) in [5, 5.41) is 27.3. The molecule has 7 heterocycles. The lowest BCUT2D eigenvalue weighted by Gasteiger charge is -2.56. The summed E-state index contributed by atoms with van der Waals surface area (Å²) in [5.74, 6) is 1.61. The predicted octanol–water partition coefficient (Wildman–Crippen LogP) is 4.24. The molecule has 41 heavy (non-hydrogen) atoms. The fourth-order valence-corrected chi connectivity index (χ4v) is 6.42. The number of rotatable bonds is 8. The van der Waals surface area contributed by atoms with E-state index in [9.17, 15) is 10.5 Å². The standard InChI is InChI=1S/C31H31N9O/c1-41-29-6-3-21(12-35-29)15-39-25-10-26(39)18-38(17-25)28-5-4-22(13-34-28)27-9-24(36-20-31(19-33)7-2-8-31)16-40-30(27)23(11-32)14-37-40/h3-6,9,12-14,16,25-26,36H,2,7-8,10,15,17-18,20H2,1H3. The van der Waals surface area contributed by atoms with Crippen molar-refractivity contribution < 1.29 is 4.74 Å². The maximum absolute atomic E-state index is 9.74. The molecule has 1 saturated carbocycles. The molecule has 2 atom stereocenters. The molecule has 8 rings (SSSR count). The van der Waals surface area contributed by atoms with Crippen LogP contribution >= 0.6 is 0 Å². The van der Waals surface area contributed by atoms with Gasteiger partial charge in [-0.1, -0.05) is 12.5 Å². The largest absolute Gasteiger partial charge is 0.481 e. The van der Waals surface area contributed by atoms with Crippen LogP contribution in [0.15, 0.2) is 55.1 Å². The van der Waals surface area contributed by atoms with E-state index >= 15 is 0 Å². The summed E-state index contributed by atoms with van der Waals surface area (Å²) in [6.45, 7) is 3.38. The van der Waals surface area contributed by atoms with Gasteiger partial charge in [-0.25, -0.2) is 14.5 Å². The van der Waals surface area contributed by atoms with Gasteiger partial charge in [-0.2, -0.15) is 15.6 Å². The lowest BCUT2D eigenvalue weighted by Crippen LogP contribution is -2.68. The summed E-state index contributed by atoms with van der Waals surface area (Å²) in [6.07, 6.45) is 11.4. The normalized spacial score (nSPS) is 20.9. The minimum absolute atomic E-state index is 0.295. The number of piperidine rings is 1. The molecule has 10 nitrogen and oxygen atoms in total. The van der Waals surface area contributed by atoms with Crippen LogP contribution in [0.1, 0.15) is 36.8 Å². The van der Waals surface area contributed by atoms with E-state index in [2.05, 4.69) is 55.5 Å². The molecule has 1 N–H and O–H groups in total. The number of nitrogens with zero attached hydrogens (tertiary/aromatic N) is 8. The van der Waals surface area contributed by atoms with Crippen molar-refractivity contribution in [3.8, 4) is 29.1 Å². The lowest BCUT2D eigenvalue weighted by molar-refractivity contribution is -0.00876. The average Bonchev–Trinajstić information content (AvgIpc) is 3.43. The van der Waals surface area contributed by atoms with E-state index in [1.165, 1.54) is 12.0 Å². The maximum Gasteiger partial charge on any atom is 0.212 e. The van der Waals surface area contributed by atoms with Gasteiger partial charge < -0.3 is 15.0 Å². The molecule has 0 radical (unpaired) electrons. The maximum atomic E-state index is 9.74. The van der Waals surface area contributed by atoms with Crippen LogP contribution in [-0.2, 0) is 6.54 Å². The van der Waals surface area contributed by atoms with Crippen LogP contribution in [0.3, 0.4) is 0 Å². The zero-order chi connectivity index (χ0) is 28.0. The molecule has 206 valence electrons. The van der Waals surface area contributed by atoms with Crippen LogP contribution in [-0.4, -0.2) is 63.3 Å². The molecule has 3 aliphatic heterocycles. The summed E-state index contributed by atoms with van der Waals surface area (Å²) in [7, 11) is 1.63. The number of nitrogens with one attached hydrogen (secondary N) is 1. The second kappa shape index (κ2) is 10.1. The summed E-state index contributed by atoms with van der Waals surface area (Å²) < 4.78 is 6.93. The van der Waals surface area contributed by atoms with Crippen molar-refractivity contribution in [2.45, 2.75) is 44.3 Å². The molecular formula is C31H31N9O. The quantitative estimate of drug-likeness (QED) is 0.347. The number of piperazine rings is 1. The number of hydrogen-bond acceptors (Lipinski definition) is 9. The second-order valence-electron chi connectivity index (χ2n) is 11.4. The Bertz CT molecular complexity index is 1650. The summed E-state index contributed by atoms with van der Waals surface area (Å²) in [4.78, 5) is 14.2. The van der Waals surface area contributed by atoms with Crippen molar-refractivity contribution in [2.75, 3.05) is 37.0 Å². The van der Waals surface area contributed by atoms with Crippen molar-refractivity contribution in [1.82, 2.24) is 24.5 Å². The van der Waals surface area contributed by atoms with Crippen molar-refractivity contribution in [3.05, 3.63) is 66.2 Å². The van der Waals surface area contributed by atoms with Crippen LogP contribution < -0.4 is 15.0 Å². The van der Waals surface area contributed by atoms with Gasteiger partial charge in [-0.05, 0) is 43.0 Å². The number of aromatic nitrogens is 4. The van der Waals surface area contributed by atoms with Gasteiger partial charge >= 0.3 is 0 Å². The van der Waals surface area contributed by atoms with E-state index in [0.29, 0.717) is 30.1 Å².